The Morgan fingerprint density at radius 3 is 2.68 bits per heavy atom. The van der Waals surface area contributed by atoms with Crippen molar-refractivity contribution in [2.75, 3.05) is 33.4 Å². The van der Waals surface area contributed by atoms with Gasteiger partial charge in [-0.3, -0.25) is 4.99 Å². The fraction of sp³-hybridized carbons (Fsp3) is 0.625. The number of rotatable bonds is 10. The zero-order chi connectivity index (χ0) is 16.0. The van der Waals surface area contributed by atoms with Crippen LogP contribution in [0.4, 0.5) is 0 Å². The number of hydrogen-bond acceptors (Lipinski definition) is 3. The summed E-state index contributed by atoms with van der Waals surface area (Å²) in [5, 5.41) is 7.08. The molecule has 1 heterocycles. The summed E-state index contributed by atoms with van der Waals surface area (Å²) in [5.74, 6) is 0.815. The molecule has 0 bridgehead atoms. The maximum Gasteiger partial charge on any atom is 0.190 e. The van der Waals surface area contributed by atoms with Crippen LogP contribution in [0, 0.1) is 0 Å². The second kappa shape index (κ2) is 12.2. The maximum absolute atomic E-state index is 5.76. The first kappa shape index (κ1) is 18.7. The zero-order valence-electron chi connectivity index (χ0n) is 13.6. The Bertz CT molecular complexity index is 423. The molecule has 0 unspecified atom stereocenters. The van der Waals surface area contributed by atoms with E-state index in [-0.39, 0.29) is 0 Å². The summed E-state index contributed by atoms with van der Waals surface area (Å²) in [4.78, 5) is 8.26. The lowest BCUT2D eigenvalue weighted by molar-refractivity contribution is 0.129. The third-order valence-corrected chi connectivity index (χ3v) is 3.34. The minimum absolute atomic E-state index is 0.523. The number of hydrogen-bond donors (Lipinski definition) is 2. The summed E-state index contributed by atoms with van der Waals surface area (Å²) < 4.78 is 5.52. The lowest BCUT2D eigenvalue weighted by Crippen LogP contribution is -2.39. The van der Waals surface area contributed by atoms with E-state index in [0.717, 1.165) is 57.1 Å². The average Bonchev–Trinajstić information content (AvgIpc) is 2.54. The van der Waals surface area contributed by atoms with Gasteiger partial charge >= 0.3 is 0 Å². The molecule has 0 fully saturated rings. The quantitative estimate of drug-likeness (QED) is 0.300. The number of nitrogens with one attached hydrogen (secondary N) is 2. The Morgan fingerprint density at radius 1 is 1.23 bits per heavy atom. The predicted octanol–water partition coefficient (Wildman–Crippen LogP) is 2.65. The Hall–Kier alpha value is -1.33. The highest BCUT2D eigenvalue weighted by molar-refractivity contribution is 6.29. The average molecular weight is 327 g/mol. The van der Waals surface area contributed by atoms with Gasteiger partial charge in [-0.25, -0.2) is 4.98 Å². The monoisotopic (exact) mass is 326 g/mol. The summed E-state index contributed by atoms with van der Waals surface area (Å²) in [6.45, 7) is 5.48. The second-order valence-corrected chi connectivity index (χ2v) is 5.37. The molecular weight excluding hydrogens is 300 g/mol. The van der Waals surface area contributed by atoms with Gasteiger partial charge in [0.1, 0.15) is 5.15 Å². The van der Waals surface area contributed by atoms with Crippen molar-refractivity contribution in [2.45, 2.75) is 32.6 Å². The van der Waals surface area contributed by atoms with Gasteiger partial charge in [0.2, 0.25) is 0 Å². The first-order chi connectivity index (χ1) is 10.8. The molecule has 0 aliphatic heterocycles. The van der Waals surface area contributed by atoms with E-state index in [1.165, 1.54) is 6.42 Å². The van der Waals surface area contributed by atoms with Gasteiger partial charge in [-0.2, -0.15) is 0 Å². The summed E-state index contributed by atoms with van der Waals surface area (Å²) in [5.41, 5.74) is 1.15. The lowest BCUT2D eigenvalue weighted by atomic mass is 10.2. The van der Waals surface area contributed by atoms with Crippen LogP contribution in [0.5, 0.6) is 0 Å². The molecule has 1 aromatic rings. The first-order valence-electron chi connectivity index (χ1n) is 7.89. The Labute approximate surface area is 138 Å². The van der Waals surface area contributed by atoms with Crippen molar-refractivity contribution in [3.63, 3.8) is 0 Å². The first-order valence-corrected chi connectivity index (χ1v) is 8.26. The molecule has 5 nitrogen and oxygen atoms in total. The van der Waals surface area contributed by atoms with Crippen LogP contribution in [0.1, 0.15) is 31.7 Å². The molecule has 0 aliphatic rings. The third kappa shape index (κ3) is 8.85. The van der Waals surface area contributed by atoms with Gasteiger partial charge in [-0.05, 0) is 30.9 Å². The Kier molecular flexibility index (Phi) is 10.4. The number of guanidine groups is 1. The number of pyridine rings is 1. The largest absolute Gasteiger partial charge is 0.381 e. The van der Waals surface area contributed by atoms with Crippen LogP contribution in [0.25, 0.3) is 0 Å². The van der Waals surface area contributed by atoms with E-state index in [0.29, 0.717) is 5.15 Å². The van der Waals surface area contributed by atoms with Gasteiger partial charge in [0.25, 0.3) is 0 Å². The molecule has 1 aromatic heterocycles. The third-order valence-electron chi connectivity index (χ3n) is 3.12. The maximum atomic E-state index is 5.76. The van der Waals surface area contributed by atoms with E-state index in [1.54, 1.807) is 13.2 Å². The van der Waals surface area contributed by atoms with Crippen LogP contribution in [-0.2, 0) is 11.2 Å². The van der Waals surface area contributed by atoms with E-state index >= 15 is 0 Å². The van der Waals surface area contributed by atoms with Gasteiger partial charge in [0.15, 0.2) is 5.96 Å². The molecule has 0 saturated heterocycles. The highest BCUT2D eigenvalue weighted by Crippen LogP contribution is 2.05. The topological polar surface area (TPSA) is 58.5 Å². The fourth-order valence-electron chi connectivity index (χ4n) is 1.83. The van der Waals surface area contributed by atoms with E-state index in [9.17, 15) is 0 Å². The molecular formula is C16H27ClN4O. The van der Waals surface area contributed by atoms with Crippen molar-refractivity contribution in [1.82, 2.24) is 15.6 Å². The van der Waals surface area contributed by atoms with E-state index in [1.807, 2.05) is 12.1 Å². The molecule has 0 spiro atoms. The van der Waals surface area contributed by atoms with Crippen LogP contribution in [-0.4, -0.2) is 44.3 Å². The van der Waals surface area contributed by atoms with Gasteiger partial charge in [-0.1, -0.05) is 31.0 Å². The number of unbranched alkanes of at least 4 members (excludes halogenated alkanes) is 1. The minimum atomic E-state index is 0.523. The molecule has 6 heteroatoms. The normalized spacial score (nSPS) is 11.5. The molecule has 0 radical (unpaired) electrons. The molecule has 2 N–H and O–H groups in total. The van der Waals surface area contributed by atoms with Gasteiger partial charge in [0.05, 0.1) is 0 Å². The minimum Gasteiger partial charge on any atom is -0.381 e. The lowest BCUT2D eigenvalue weighted by Gasteiger charge is -2.12. The standard InChI is InChI=1S/C16H27ClN4O/c1-3-4-11-22-12-5-9-19-16(18-2)20-10-8-14-6-7-15(17)21-13-14/h6-7,13H,3-5,8-12H2,1-2H3,(H2,18,19,20). The molecule has 0 saturated carbocycles. The Balaban J connectivity index is 2.08. The summed E-state index contributed by atoms with van der Waals surface area (Å²) in [6.07, 6.45) is 5.97. The number of aliphatic imine (C=N–C) groups is 1. The van der Waals surface area contributed by atoms with Crippen LogP contribution in [0.15, 0.2) is 23.3 Å². The van der Waals surface area contributed by atoms with E-state index in [4.69, 9.17) is 16.3 Å². The number of aromatic nitrogens is 1. The highest BCUT2D eigenvalue weighted by atomic mass is 35.5. The predicted molar refractivity (Wildman–Crippen MR) is 92.7 cm³/mol. The zero-order valence-corrected chi connectivity index (χ0v) is 14.3. The smallest absolute Gasteiger partial charge is 0.190 e. The molecule has 0 aromatic carbocycles. The Morgan fingerprint density at radius 2 is 2.00 bits per heavy atom. The molecule has 1 rings (SSSR count). The fourth-order valence-corrected chi connectivity index (χ4v) is 1.94. The van der Waals surface area contributed by atoms with Crippen molar-refractivity contribution in [2.24, 2.45) is 4.99 Å². The number of ether oxygens (including phenoxy) is 1. The second-order valence-electron chi connectivity index (χ2n) is 4.98. The van der Waals surface area contributed by atoms with Crippen LogP contribution in [0.3, 0.4) is 0 Å². The van der Waals surface area contributed by atoms with Crippen LogP contribution in [0.2, 0.25) is 5.15 Å². The van der Waals surface area contributed by atoms with E-state index in [2.05, 4.69) is 27.5 Å². The molecule has 0 aliphatic carbocycles. The van der Waals surface area contributed by atoms with Crippen LogP contribution < -0.4 is 10.6 Å². The van der Waals surface area contributed by atoms with Crippen molar-refractivity contribution in [3.05, 3.63) is 29.0 Å². The summed E-state index contributed by atoms with van der Waals surface area (Å²) >= 11 is 5.76. The van der Waals surface area contributed by atoms with Crippen molar-refractivity contribution < 1.29 is 4.74 Å². The number of halogens is 1. The summed E-state index contributed by atoms with van der Waals surface area (Å²) in [7, 11) is 1.77. The summed E-state index contributed by atoms with van der Waals surface area (Å²) in [6, 6.07) is 3.79. The van der Waals surface area contributed by atoms with Crippen molar-refractivity contribution in [1.29, 1.82) is 0 Å². The molecule has 124 valence electrons. The van der Waals surface area contributed by atoms with Crippen LogP contribution >= 0.6 is 11.6 Å². The van der Waals surface area contributed by atoms with Crippen molar-refractivity contribution in [3.8, 4) is 0 Å². The van der Waals surface area contributed by atoms with Gasteiger partial charge < -0.3 is 15.4 Å². The molecule has 0 amide bonds. The molecule has 22 heavy (non-hydrogen) atoms. The number of nitrogens with zero attached hydrogens (tertiary/aromatic N) is 2. The molecule has 0 atom stereocenters. The van der Waals surface area contributed by atoms with E-state index < -0.39 is 0 Å². The van der Waals surface area contributed by atoms with Gasteiger partial charge in [-0.15, -0.1) is 0 Å². The van der Waals surface area contributed by atoms with Crippen molar-refractivity contribution >= 4 is 17.6 Å². The highest BCUT2D eigenvalue weighted by Gasteiger charge is 1.98. The SMILES string of the molecule is CCCCOCCCNC(=NC)NCCc1ccc(Cl)nc1. The van der Waals surface area contributed by atoms with Gasteiger partial charge in [0, 0.05) is 39.5 Å².